The maximum atomic E-state index is 12.7. The van der Waals surface area contributed by atoms with E-state index in [-0.39, 0.29) is 30.7 Å². The molecule has 3 aliphatic rings. The number of likely N-dealkylation sites (tertiary alicyclic amines) is 1. The summed E-state index contributed by atoms with van der Waals surface area (Å²) in [5.41, 5.74) is 2.36. The number of morpholine rings is 1. The molecule has 158 valence electrons. The zero-order chi connectivity index (χ0) is 20.9. The molecule has 1 spiro atoms. The van der Waals surface area contributed by atoms with Crippen LogP contribution in [0.25, 0.3) is 11.0 Å². The lowest BCUT2D eigenvalue weighted by Crippen LogP contribution is -2.54. The molecule has 8 nitrogen and oxygen atoms in total. The maximum absolute atomic E-state index is 12.7. The van der Waals surface area contributed by atoms with Crippen LogP contribution in [-0.2, 0) is 27.2 Å². The largest absolute Gasteiger partial charge is 0.483 e. The van der Waals surface area contributed by atoms with Crippen molar-refractivity contribution in [2.24, 2.45) is 0 Å². The van der Waals surface area contributed by atoms with Gasteiger partial charge in [0.2, 0.25) is 5.91 Å². The van der Waals surface area contributed by atoms with Crippen molar-refractivity contribution in [3.63, 3.8) is 0 Å². The number of amides is 2. The number of fused-ring (bicyclic) bond motifs is 3. The van der Waals surface area contributed by atoms with Gasteiger partial charge in [0.1, 0.15) is 23.5 Å². The number of nitrogens with one attached hydrogen (secondary N) is 1. The Hall–Kier alpha value is -2.87. The van der Waals surface area contributed by atoms with Gasteiger partial charge >= 0.3 is 5.63 Å². The highest BCUT2D eigenvalue weighted by atomic mass is 16.5. The molecule has 2 saturated heterocycles. The molecule has 0 radical (unpaired) electrons. The molecule has 2 amide bonds. The van der Waals surface area contributed by atoms with Crippen LogP contribution in [-0.4, -0.2) is 55.2 Å². The fourth-order valence-electron chi connectivity index (χ4n) is 4.75. The highest BCUT2D eigenvalue weighted by Gasteiger charge is 2.43. The van der Waals surface area contributed by atoms with E-state index < -0.39 is 5.60 Å². The van der Waals surface area contributed by atoms with Crippen molar-refractivity contribution >= 4 is 22.8 Å². The first-order chi connectivity index (χ1) is 14.5. The van der Waals surface area contributed by atoms with Gasteiger partial charge in [0.05, 0.1) is 6.54 Å². The number of rotatable bonds is 3. The number of hydrogen-bond donors (Lipinski definition) is 1. The quantitative estimate of drug-likeness (QED) is 0.758. The van der Waals surface area contributed by atoms with Gasteiger partial charge in [0.15, 0.2) is 6.61 Å². The van der Waals surface area contributed by atoms with Crippen LogP contribution in [0.4, 0.5) is 0 Å². The van der Waals surface area contributed by atoms with Gasteiger partial charge in [-0.2, -0.15) is 0 Å². The summed E-state index contributed by atoms with van der Waals surface area (Å²) in [6.45, 7) is 3.19. The zero-order valence-corrected chi connectivity index (χ0v) is 16.9. The van der Waals surface area contributed by atoms with Crippen LogP contribution in [0.15, 0.2) is 21.3 Å². The van der Waals surface area contributed by atoms with E-state index in [2.05, 4.69) is 5.32 Å². The van der Waals surface area contributed by atoms with Crippen LogP contribution >= 0.6 is 0 Å². The summed E-state index contributed by atoms with van der Waals surface area (Å²) >= 11 is 0. The second-order valence-electron chi connectivity index (χ2n) is 8.37. The molecule has 1 aliphatic carbocycles. The maximum Gasteiger partial charge on any atom is 0.339 e. The second kappa shape index (κ2) is 7.12. The number of carbonyl (C=O) groups is 2. The van der Waals surface area contributed by atoms with Crippen LogP contribution in [0.5, 0.6) is 5.75 Å². The Balaban J connectivity index is 1.29. The average molecular weight is 412 g/mol. The molecule has 1 unspecified atom stereocenters. The number of ether oxygens (including phenoxy) is 2. The second-order valence-corrected chi connectivity index (χ2v) is 8.37. The minimum Gasteiger partial charge on any atom is -0.483 e. The van der Waals surface area contributed by atoms with Crippen LogP contribution in [0.1, 0.15) is 29.5 Å². The van der Waals surface area contributed by atoms with Gasteiger partial charge in [-0.05, 0) is 50.3 Å². The summed E-state index contributed by atoms with van der Waals surface area (Å²) in [4.78, 5) is 38.0. The molecule has 1 N–H and O–H groups in total. The van der Waals surface area contributed by atoms with Crippen molar-refractivity contribution in [1.29, 1.82) is 0 Å². The van der Waals surface area contributed by atoms with Crippen LogP contribution in [0.2, 0.25) is 0 Å². The molecular weight excluding hydrogens is 388 g/mol. The minimum atomic E-state index is -0.494. The third-order valence-corrected chi connectivity index (χ3v) is 6.48. The molecular formula is C22H24N2O6. The molecule has 5 rings (SSSR count). The Morgan fingerprint density at radius 2 is 2.10 bits per heavy atom. The Morgan fingerprint density at radius 1 is 1.27 bits per heavy atom. The molecule has 1 aromatic heterocycles. The van der Waals surface area contributed by atoms with Crippen molar-refractivity contribution in [3.8, 4) is 5.75 Å². The SMILES string of the molecule is Cc1c(OCC(=O)N2CCC3(CNC(=O)CO3)C2)ccc2c3c(c(=O)oc12)CCC3. The van der Waals surface area contributed by atoms with Gasteiger partial charge in [-0.25, -0.2) is 4.79 Å². The van der Waals surface area contributed by atoms with E-state index in [1.165, 1.54) is 0 Å². The molecule has 1 aromatic carbocycles. The van der Waals surface area contributed by atoms with Gasteiger partial charge in [-0.15, -0.1) is 0 Å². The summed E-state index contributed by atoms with van der Waals surface area (Å²) in [7, 11) is 0. The normalized spacial score (nSPS) is 23.1. The summed E-state index contributed by atoms with van der Waals surface area (Å²) < 4.78 is 17.1. The minimum absolute atomic E-state index is 0.0315. The summed E-state index contributed by atoms with van der Waals surface area (Å²) in [5.74, 6) is 0.270. The van der Waals surface area contributed by atoms with Crippen LogP contribution in [0, 0.1) is 6.92 Å². The van der Waals surface area contributed by atoms with E-state index in [0.29, 0.717) is 37.4 Å². The molecule has 3 heterocycles. The number of hydrogen-bond acceptors (Lipinski definition) is 6. The van der Waals surface area contributed by atoms with Gasteiger partial charge in [-0.3, -0.25) is 9.59 Å². The van der Waals surface area contributed by atoms with E-state index in [9.17, 15) is 14.4 Å². The number of aryl methyl sites for hydroxylation is 2. The Bertz CT molecular complexity index is 1090. The molecule has 0 saturated carbocycles. The van der Waals surface area contributed by atoms with Crippen LogP contribution in [0.3, 0.4) is 0 Å². The highest BCUT2D eigenvalue weighted by Crippen LogP contribution is 2.33. The van der Waals surface area contributed by atoms with Gasteiger partial charge in [0, 0.05) is 29.6 Å². The number of nitrogens with zero attached hydrogens (tertiary/aromatic N) is 1. The first-order valence-electron chi connectivity index (χ1n) is 10.4. The van der Waals surface area contributed by atoms with Gasteiger partial charge in [-0.1, -0.05) is 0 Å². The molecule has 30 heavy (non-hydrogen) atoms. The van der Waals surface area contributed by atoms with Crippen molar-refractivity contribution in [2.45, 2.75) is 38.2 Å². The standard InChI is InChI=1S/C22H24N2O6/c1-13-17(6-5-15-14-3-2-4-16(14)21(27)30-20(13)15)28-10-19(26)24-8-7-22(12-24)11-23-18(25)9-29-22/h5-6H,2-4,7-12H2,1H3,(H,23,25). The average Bonchev–Trinajstić information content (AvgIpc) is 3.39. The summed E-state index contributed by atoms with van der Waals surface area (Å²) in [6.07, 6.45) is 3.30. The van der Waals surface area contributed by atoms with Crippen molar-refractivity contribution in [3.05, 3.63) is 39.2 Å². The van der Waals surface area contributed by atoms with E-state index in [0.717, 1.165) is 41.3 Å². The highest BCUT2D eigenvalue weighted by molar-refractivity contribution is 5.86. The van der Waals surface area contributed by atoms with Crippen molar-refractivity contribution < 1.29 is 23.5 Å². The smallest absolute Gasteiger partial charge is 0.339 e. The summed E-state index contributed by atoms with van der Waals surface area (Å²) in [6, 6.07) is 3.76. The predicted octanol–water partition coefficient (Wildman–Crippen LogP) is 1.09. The predicted molar refractivity (Wildman–Crippen MR) is 108 cm³/mol. The van der Waals surface area contributed by atoms with Gasteiger partial charge in [0.25, 0.3) is 5.91 Å². The first-order valence-corrected chi connectivity index (χ1v) is 10.4. The fraction of sp³-hybridized carbons (Fsp3) is 0.500. The zero-order valence-electron chi connectivity index (χ0n) is 16.9. The third-order valence-electron chi connectivity index (χ3n) is 6.48. The number of carbonyl (C=O) groups excluding carboxylic acids is 2. The Morgan fingerprint density at radius 3 is 2.90 bits per heavy atom. The molecule has 0 bridgehead atoms. The van der Waals surface area contributed by atoms with E-state index in [4.69, 9.17) is 13.9 Å². The van der Waals surface area contributed by atoms with E-state index >= 15 is 0 Å². The lowest BCUT2D eigenvalue weighted by molar-refractivity contribution is -0.143. The van der Waals surface area contributed by atoms with E-state index in [1.54, 1.807) is 4.90 Å². The lowest BCUT2D eigenvalue weighted by atomic mass is 10.0. The monoisotopic (exact) mass is 412 g/mol. The Kier molecular flexibility index (Phi) is 4.54. The first kappa shape index (κ1) is 19.1. The fourth-order valence-corrected chi connectivity index (χ4v) is 4.75. The lowest BCUT2D eigenvalue weighted by Gasteiger charge is -2.33. The van der Waals surface area contributed by atoms with Crippen molar-refractivity contribution in [2.75, 3.05) is 32.8 Å². The summed E-state index contributed by atoms with van der Waals surface area (Å²) in [5, 5.41) is 3.76. The third kappa shape index (κ3) is 3.15. The molecule has 2 fully saturated rings. The molecule has 1 atom stereocenters. The molecule has 2 aliphatic heterocycles. The van der Waals surface area contributed by atoms with Crippen LogP contribution < -0.4 is 15.7 Å². The topological polar surface area (TPSA) is 98.1 Å². The number of benzene rings is 1. The van der Waals surface area contributed by atoms with Crippen molar-refractivity contribution in [1.82, 2.24) is 10.2 Å². The van der Waals surface area contributed by atoms with E-state index in [1.807, 2.05) is 19.1 Å². The molecule has 2 aromatic rings. The molecule has 8 heteroatoms. The Labute approximate surface area is 173 Å². The van der Waals surface area contributed by atoms with Gasteiger partial charge < -0.3 is 24.1 Å².